The predicted octanol–water partition coefficient (Wildman–Crippen LogP) is 3.21. The number of hydrogen-bond acceptors (Lipinski definition) is 5. The van der Waals surface area contributed by atoms with Gasteiger partial charge < -0.3 is 4.90 Å². The van der Waals surface area contributed by atoms with Gasteiger partial charge in [-0.25, -0.2) is 18.1 Å². The summed E-state index contributed by atoms with van der Waals surface area (Å²) in [4.78, 5) is 9.27. The zero-order valence-corrected chi connectivity index (χ0v) is 18.6. The molecule has 0 aliphatic carbocycles. The largest absolute Gasteiger partial charge is 0.354 e. The van der Waals surface area contributed by atoms with E-state index in [2.05, 4.69) is 57.6 Å². The standard InChI is InChI=1S/C22H32N4O2S/c1-17(2)20-7-5-19(6-8-20)16-25-11-13-26(14-12-25)22-10-9-21(15-23-22)29(27,28)24-18(3)4/h5-10,15,17-18,24H,11-14,16H2,1-4H3. The second-order valence-corrected chi connectivity index (χ2v) is 10.0. The van der Waals surface area contributed by atoms with Gasteiger partial charge in [0, 0.05) is 45.0 Å². The molecule has 0 atom stereocenters. The van der Waals surface area contributed by atoms with E-state index >= 15 is 0 Å². The van der Waals surface area contributed by atoms with Gasteiger partial charge in [0.1, 0.15) is 10.7 Å². The fraction of sp³-hybridized carbons (Fsp3) is 0.500. The maximum absolute atomic E-state index is 12.2. The summed E-state index contributed by atoms with van der Waals surface area (Å²) in [5.41, 5.74) is 2.71. The molecule has 0 amide bonds. The summed E-state index contributed by atoms with van der Waals surface area (Å²) >= 11 is 0. The third-order valence-corrected chi connectivity index (χ3v) is 6.81. The Morgan fingerprint density at radius 3 is 2.14 bits per heavy atom. The Labute approximate surface area is 175 Å². The minimum absolute atomic E-state index is 0.144. The van der Waals surface area contributed by atoms with Crippen molar-refractivity contribution in [2.75, 3.05) is 31.1 Å². The summed E-state index contributed by atoms with van der Waals surface area (Å²) in [5.74, 6) is 1.39. The van der Waals surface area contributed by atoms with Crippen LogP contribution in [-0.4, -0.2) is 50.5 Å². The molecule has 0 unspecified atom stereocenters. The number of aromatic nitrogens is 1. The molecule has 1 N–H and O–H groups in total. The van der Waals surface area contributed by atoms with E-state index in [0.29, 0.717) is 5.92 Å². The maximum atomic E-state index is 12.2. The third-order valence-electron chi connectivity index (χ3n) is 5.17. The average Bonchev–Trinajstić information content (AvgIpc) is 2.68. The number of pyridine rings is 1. The molecular weight excluding hydrogens is 384 g/mol. The second kappa shape index (κ2) is 9.24. The normalized spacial score (nSPS) is 16.0. The molecule has 1 aliphatic heterocycles. The van der Waals surface area contributed by atoms with E-state index < -0.39 is 10.0 Å². The smallest absolute Gasteiger partial charge is 0.242 e. The van der Waals surface area contributed by atoms with Crippen LogP contribution in [0.3, 0.4) is 0 Å². The number of sulfonamides is 1. The molecular formula is C22H32N4O2S. The first-order chi connectivity index (χ1) is 13.7. The number of nitrogens with one attached hydrogen (secondary N) is 1. The van der Waals surface area contributed by atoms with E-state index in [0.717, 1.165) is 38.5 Å². The summed E-state index contributed by atoms with van der Waals surface area (Å²) in [6, 6.07) is 12.2. The van der Waals surface area contributed by atoms with Crippen molar-refractivity contribution in [1.82, 2.24) is 14.6 Å². The summed E-state index contributed by atoms with van der Waals surface area (Å²) in [6.07, 6.45) is 1.45. The van der Waals surface area contributed by atoms with Crippen LogP contribution in [-0.2, 0) is 16.6 Å². The summed E-state index contributed by atoms with van der Waals surface area (Å²) in [5, 5.41) is 0. The van der Waals surface area contributed by atoms with Gasteiger partial charge in [0.05, 0.1) is 0 Å². The Balaban J connectivity index is 1.55. The van der Waals surface area contributed by atoms with Gasteiger partial charge in [0.15, 0.2) is 0 Å². The topological polar surface area (TPSA) is 65.5 Å². The van der Waals surface area contributed by atoms with Gasteiger partial charge >= 0.3 is 0 Å². The first-order valence-electron chi connectivity index (χ1n) is 10.3. The highest BCUT2D eigenvalue weighted by atomic mass is 32.2. The van der Waals surface area contributed by atoms with Crippen molar-refractivity contribution in [3.63, 3.8) is 0 Å². The number of piperazine rings is 1. The van der Waals surface area contributed by atoms with Crippen LogP contribution >= 0.6 is 0 Å². The number of nitrogens with zero attached hydrogens (tertiary/aromatic N) is 3. The molecule has 6 nitrogen and oxygen atoms in total. The summed E-state index contributed by atoms with van der Waals surface area (Å²) in [6.45, 7) is 12.7. The molecule has 158 valence electrons. The van der Waals surface area contributed by atoms with Gasteiger partial charge in [-0.15, -0.1) is 0 Å². The van der Waals surface area contributed by atoms with Gasteiger partial charge in [-0.1, -0.05) is 38.1 Å². The van der Waals surface area contributed by atoms with Gasteiger partial charge in [-0.2, -0.15) is 0 Å². The summed E-state index contributed by atoms with van der Waals surface area (Å²) in [7, 11) is -3.50. The van der Waals surface area contributed by atoms with E-state index in [9.17, 15) is 8.42 Å². The molecule has 1 aromatic carbocycles. The number of benzene rings is 1. The predicted molar refractivity (Wildman–Crippen MR) is 118 cm³/mol. The maximum Gasteiger partial charge on any atom is 0.242 e. The van der Waals surface area contributed by atoms with Crippen molar-refractivity contribution < 1.29 is 8.42 Å². The molecule has 1 aliphatic rings. The van der Waals surface area contributed by atoms with E-state index in [4.69, 9.17) is 0 Å². The molecule has 29 heavy (non-hydrogen) atoms. The number of hydrogen-bond donors (Lipinski definition) is 1. The van der Waals surface area contributed by atoms with Crippen LogP contribution in [0.15, 0.2) is 47.5 Å². The molecule has 2 heterocycles. The lowest BCUT2D eigenvalue weighted by Crippen LogP contribution is -2.46. The van der Waals surface area contributed by atoms with Crippen LogP contribution in [0.5, 0.6) is 0 Å². The molecule has 0 saturated carbocycles. The molecule has 1 saturated heterocycles. The Morgan fingerprint density at radius 2 is 1.62 bits per heavy atom. The lowest BCUT2D eigenvalue weighted by Gasteiger charge is -2.35. The lowest BCUT2D eigenvalue weighted by molar-refractivity contribution is 0.249. The fourth-order valence-electron chi connectivity index (χ4n) is 3.50. The molecule has 0 radical (unpaired) electrons. The molecule has 0 spiro atoms. The van der Waals surface area contributed by atoms with Crippen LogP contribution in [0.2, 0.25) is 0 Å². The molecule has 1 aromatic heterocycles. The van der Waals surface area contributed by atoms with E-state index in [-0.39, 0.29) is 10.9 Å². The highest BCUT2D eigenvalue weighted by Gasteiger charge is 2.20. The van der Waals surface area contributed by atoms with Gasteiger partial charge in [-0.3, -0.25) is 4.90 Å². The SMILES string of the molecule is CC(C)NS(=O)(=O)c1ccc(N2CCN(Cc3ccc(C(C)C)cc3)CC2)nc1. The lowest BCUT2D eigenvalue weighted by atomic mass is 10.0. The van der Waals surface area contributed by atoms with Gasteiger partial charge in [-0.05, 0) is 43.0 Å². The van der Waals surface area contributed by atoms with Crippen LogP contribution in [0.4, 0.5) is 5.82 Å². The highest BCUT2D eigenvalue weighted by molar-refractivity contribution is 7.89. The molecule has 0 bridgehead atoms. The number of anilines is 1. The van der Waals surface area contributed by atoms with Crippen molar-refractivity contribution >= 4 is 15.8 Å². The van der Waals surface area contributed by atoms with Crippen molar-refractivity contribution in [3.05, 3.63) is 53.7 Å². The Morgan fingerprint density at radius 1 is 0.966 bits per heavy atom. The Bertz CT molecular complexity index is 885. The first kappa shape index (κ1) is 21.7. The quantitative estimate of drug-likeness (QED) is 0.751. The number of rotatable bonds is 7. The third kappa shape index (κ3) is 5.78. The average molecular weight is 417 g/mol. The minimum atomic E-state index is -3.50. The molecule has 3 rings (SSSR count). The van der Waals surface area contributed by atoms with Crippen molar-refractivity contribution in [1.29, 1.82) is 0 Å². The van der Waals surface area contributed by atoms with E-state index in [1.165, 1.54) is 17.3 Å². The molecule has 7 heteroatoms. The minimum Gasteiger partial charge on any atom is -0.354 e. The second-order valence-electron chi connectivity index (χ2n) is 8.29. The zero-order valence-electron chi connectivity index (χ0n) is 17.8. The van der Waals surface area contributed by atoms with Crippen molar-refractivity contribution in [3.8, 4) is 0 Å². The monoisotopic (exact) mass is 416 g/mol. The van der Waals surface area contributed by atoms with Crippen LogP contribution in [0.25, 0.3) is 0 Å². The van der Waals surface area contributed by atoms with Crippen molar-refractivity contribution in [2.45, 2.75) is 51.1 Å². The Hall–Kier alpha value is -1.96. The van der Waals surface area contributed by atoms with Crippen LogP contribution in [0.1, 0.15) is 44.7 Å². The van der Waals surface area contributed by atoms with Crippen LogP contribution in [0, 0.1) is 0 Å². The Kier molecular flexibility index (Phi) is 6.93. The van der Waals surface area contributed by atoms with E-state index in [1.807, 2.05) is 0 Å². The van der Waals surface area contributed by atoms with E-state index in [1.54, 1.807) is 26.0 Å². The zero-order chi connectivity index (χ0) is 21.0. The fourth-order valence-corrected chi connectivity index (χ4v) is 4.69. The first-order valence-corrected chi connectivity index (χ1v) is 11.8. The van der Waals surface area contributed by atoms with Crippen LogP contribution < -0.4 is 9.62 Å². The van der Waals surface area contributed by atoms with Gasteiger partial charge in [0.2, 0.25) is 10.0 Å². The van der Waals surface area contributed by atoms with Gasteiger partial charge in [0.25, 0.3) is 0 Å². The molecule has 1 fully saturated rings. The summed E-state index contributed by atoms with van der Waals surface area (Å²) < 4.78 is 27.1. The highest BCUT2D eigenvalue weighted by Crippen LogP contribution is 2.19. The molecule has 2 aromatic rings. The van der Waals surface area contributed by atoms with Crippen molar-refractivity contribution in [2.24, 2.45) is 0 Å².